The highest BCUT2D eigenvalue weighted by atomic mass is 16.5. The van der Waals surface area contributed by atoms with Gasteiger partial charge in [0.2, 0.25) is 0 Å². The number of benzene rings is 4. The van der Waals surface area contributed by atoms with Crippen LogP contribution in [0, 0.1) is 110 Å². The van der Waals surface area contributed by atoms with Crippen LogP contribution in [0.5, 0.6) is 11.5 Å². The lowest BCUT2D eigenvalue weighted by molar-refractivity contribution is -0.141. The number of ether oxygens (including phenoxy) is 3. The van der Waals surface area contributed by atoms with Gasteiger partial charge in [0.05, 0.1) is 76.7 Å². The van der Waals surface area contributed by atoms with Crippen LogP contribution in [0.4, 0.5) is 0 Å². The van der Waals surface area contributed by atoms with E-state index in [2.05, 4.69) is 56.8 Å². The van der Waals surface area contributed by atoms with E-state index in [1.165, 1.54) is 56.7 Å². The van der Waals surface area contributed by atoms with Crippen LogP contribution >= 0.6 is 0 Å². The predicted octanol–water partition coefficient (Wildman–Crippen LogP) is 3.85. The quantitative estimate of drug-likeness (QED) is 0.0393. The highest BCUT2D eigenvalue weighted by Crippen LogP contribution is 2.24. The maximum Gasteiger partial charge on any atom is 0.339 e. The van der Waals surface area contributed by atoms with Crippen LogP contribution in [0.1, 0.15) is 101 Å². The molecule has 0 amide bonds. The van der Waals surface area contributed by atoms with Crippen molar-refractivity contribution >= 4 is 35.8 Å². The van der Waals surface area contributed by atoms with E-state index < -0.39 is 29.3 Å². The van der Waals surface area contributed by atoms with Gasteiger partial charge in [-0.05, 0) is 83.9 Å². The van der Waals surface area contributed by atoms with Crippen molar-refractivity contribution in [2.45, 2.75) is 45.3 Å². The summed E-state index contributed by atoms with van der Waals surface area (Å²) in [4.78, 5) is 65.6. The van der Waals surface area contributed by atoms with Gasteiger partial charge in [0.1, 0.15) is 23.7 Å². The number of rotatable bonds is 22. The Morgan fingerprint density at radius 3 is 1.29 bits per heavy atom. The van der Waals surface area contributed by atoms with E-state index >= 15 is 0 Å². The lowest BCUT2D eigenvalue weighted by Gasteiger charge is -2.24. The van der Waals surface area contributed by atoms with E-state index in [0.29, 0.717) is 66.9 Å². The van der Waals surface area contributed by atoms with Crippen LogP contribution in [0.3, 0.4) is 0 Å². The number of aromatic hydroxyl groups is 1. The van der Waals surface area contributed by atoms with Crippen molar-refractivity contribution in [2.75, 3.05) is 66.9 Å². The number of aromatic carboxylic acids is 4. The smallest absolute Gasteiger partial charge is 0.339 e. The molecule has 0 aliphatic carbocycles. The Morgan fingerprint density at radius 1 is 0.523 bits per heavy atom. The first-order chi connectivity index (χ1) is 40.9. The van der Waals surface area contributed by atoms with Crippen LogP contribution in [-0.4, -0.2) is 164 Å². The van der Waals surface area contributed by atoms with Crippen LogP contribution < -0.4 is 4.74 Å². The summed E-state index contributed by atoms with van der Waals surface area (Å²) in [5, 5.41) is 95.9. The summed E-state index contributed by atoms with van der Waals surface area (Å²) in [7, 11) is 2.67. The summed E-state index contributed by atoms with van der Waals surface area (Å²) in [5.74, 6) is 13.8. The van der Waals surface area contributed by atoms with E-state index in [0.717, 1.165) is 6.07 Å². The zero-order valence-electron chi connectivity index (χ0n) is 47.3. The van der Waals surface area contributed by atoms with Gasteiger partial charge >= 0.3 is 35.8 Å². The van der Waals surface area contributed by atoms with Gasteiger partial charge in [-0.25, -0.2) is 19.2 Å². The second-order valence-corrected chi connectivity index (χ2v) is 16.9. The van der Waals surface area contributed by atoms with Gasteiger partial charge in [0.25, 0.3) is 0 Å². The van der Waals surface area contributed by atoms with Crippen molar-refractivity contribution in [3.63, 3.8) is 0 Å². The van der Waals surface area contributed by atoms with Gasteiger partial charge in [-0.1, -0.05) is 35.7 Å². The zero-order valence-corrected chi connectivity index (χ0v) is 47.3. The van der Waals surface area contributed by atoms with Crippen LogP contribution in [0.15, 0.2) is 78.9 Å². The minimum absolute atomic E-state index is 0.0271. The summed E-state index contributed by atoms with van der Waals surface area (Å²) in [5.41, 5.74) is 1.96. The lowest BCUT2D eigenvalue weighted by atomic mass is 9.83. The molecule has 21 nitrogen and oxygen atoms in total. The summed E-state index contributed by atoms with van der Waals surface area (Å²) in [6.45, 7) is 0.979. The van der Waals surface area contributed by atoms with Gasteiger partial charge in [-0.3, -0.25) is 14.5 Å². The molecule has 11 N–H and O–H groups in total. The van der Waals surface area contributed by atoms with Crippen LogP contribution in [0.25, 0.3) is 0 Å². The fourth-order valence-corrected chi connectivity index (χ4v) is 5.81. The molecule has 4 aromatic rings. The number of aliphatic hydroxyl groups excluding tert-OH is 6. The van der Waals surface area contributed by atoms with Crippen molar-refractivity contribution in [1.29, 1.82) is 0 Å². The van der Waals surface area contributed by atoms with Crippen LogP contribution in [0.2, 0.25) is 0 Å². The second kappa shape index (κ2) is 48.1. The number of hydrogen-bond donors (Lipinski definition) is 11. The Bertz CT molecular complexity index is 3030. The summed E-state index contributed by atoms with van der Waals surface area (Å²) < 4.78 is 14.2. The van der Waals surface area contributed by atoms with Crippen molar-refractivity contribution in [3.8, 4) is 110 Å². The second-order valence-electron chi connectivity index (χ2n) is 16.9. The zero-order chi connectivity index (χ0) is 66.0. The number of carbonyl (C=O) groups excluding carboxylic acids is 2. The summed E-state index contributed by atoms with van der Waals surface area (Å²) in [6.07, 6.45) is 42.0. The highest BCUT2D eigenvalue weighted by Gasteiger charge is 2.26. The number of carbonyl (C=O) groups is 6. The van der Waals surface area contributed by atoms with Gasteiger partial charge in [0, 0.05) is 73.6 Å². The molecule has 0 atom stereocenters. The van der Waals surface area contributed by atoms with Gasteiger partial charge in [0.15, 0.2) is 0 Å². The molecule has 0 aliphatic rings. The molecule has 0 aromatic heterocycles. The number of phenols is 1. The van der Waals surface area contributed by atoms with E-state index in [1.54, 1.807) is 30.3 Å². The number of esters is 2. The number of methoxy groups -OCH3 is 2. The minimum Gasteiger partial charge on any atom is -0.507 e. The minimum atomic E-state index is -1.20. The average molecular weight is 1180 g/mol. The highest BCUT2D eigenvalue weighted by molar-refractivity contribution is 5.94. The largest absolute Gasteiger partial charge is 0.507 e. The molecule has 4 aromatic carbocycles. The molecule has 4 rings (SSSR count). The molecule has 0 saturated heterocycles. The molecule has 0 fully saturated rings. The van der Waals surface area contributed by atoms with E-state index in [-0.39, 0.29) is 111 Å². The third-order valence-electron chi connectivity index (χ3n) is 10.6. The number of terminal acetylenes is 8. The van der Waals surface area contributed by atoms with Crippen molar-refractivity contribution < 1.29 is 99.1 Å². The first-order valence-electron chi connectivity index (χ1n) is 24.8. The molecule has 21 heteroatoms. The number of carboxylic acid groups (broad SMARTS) is 4. The maximum atomic E-state index is 10.9. The average Bonchev–Trinajstić information content (AvgIpc) is 3.67. The molecule has 0 radical (unpaired) electrons. The molecule has 0 bridgehead atoms. The Labute approximate surface area is 500 Å². The fraction of sp³-hybridized carbons (Fsp3) is 0.292. The first kappa shape index (κ1) is 79.7. The van der Waals surface area contributed by atoms with E-state index in [1.807, 2.05) is 4.90 Å². The van der Waals surface area contributed by atoms with Crippen molar-refractivity contribution in [1.82, 2.24) is 4.90 Å². The molecular formula is C65H69NO20. The standard InChI is InChI=1S/C11H17NO4.C11H12O3.C10H6O4.C9H6O3.C9H6O2.C9H12O2.C6H10O2/c1-4-7-12(8-5-10(13)15-2)9-6-11(14)16-3;1-2-3-14-11-5-9(7-12)4-10(6-11)8-13;1-2-6-3-7(9(11)12)5-8(4-6)10(13)14;1-2-6-3-4-7(9(11)12)8(10)5-6;1-2-7-3-5-8(6-4-7)9(10)11;1-3-5-9(7-10,8-11)6-4-2;1-2-3-6(4-7)5-8/h1H,5-9H2,2-3H3;1,4-6,12-13H,3,7-8H2;1,3-5H,(H,11,12)(H,13,14);1,3-5,10H,(H,11,12);1,3-6H,(H,10,11);1-2,10-11H,5-8H2;1,6-8H,3-5H2. The van der Waals surface area contributed by atoms with Crippen molar-refractivity contribution in [2.24, 2.45) is 11.3 Å². The third-order valence-corrected chi connectivity index (χ3v) is 10.6. The van der Waals surface area contributed by atoms with E-state index in [4.69, 9.17) is 112 Å². The predicted molar refractivity (Wildman–Crippen MR) is 318 cm³/mol. The Kier molecular flexibility index (Phi) is 44.6. The van der Waals surface area contributed by atoms with Gasteiger partial charge < -0.3 is 70.4 Å². The molecule has 0 unspecified atom stereocenters. The normalized spacial score (nSPS) is 9.33. The summed E-state index contributed by atoms with van der Waals surface area (Å²) in [6, 6.07) is 18.8. The molecular weight excluding hydrogens is 1110 g/mol. The van der Waals surface area contributed by atoms with Gasteiger partial charge in [-0.2, -0.15) is 0 Å². The Morgan fingerprint density at radius 2 is 0.977 bits per heavy atom. The molecule has 0 spiro atoms. The lowest BCUT2D eigenvalue weighted by Crippen LogP contribution is -2.29. The number of aliphatic hydroxyl groups is 6. The van der Waals surface area contributed by atoms with Gasteiger partial charge in [-0.15, -0.1) is 69.1 Å². The monoisotopic (exact) mass is 1180 g/mol. The molecule has 0 saturated carbocycles. The van der Waals surface area contributed by atoms with Crippen molar-refractivity contribution in [3.05, 3.63) is 129 Å². The molecule has 454 valence electrons. The van der Waals surface area contributed by atoms with Crippen LogP contribution in [-0.2, 0) is 32.3 Å². The summed E-state index contributed by atoms with van der Waals surface area (Å²) >= 11 is 0. The Balaban J connectivity index is -0.000000942. The first-order valence-corrected chi connectivity index (χ1v) is 24.8. The maximum absolute atomic E-state index is 10.9. The van der Waals surface area contributed by atoms with E-state index in [9.17, 15) is 28.8 Å². The Hall–Kier alpha value is -10.5. The molecule has 0 aliphatic heterocycles. The molecule has 0 heterocycles. The third kappa shape index (κ3) is 35.4. The number of hydrogen-bond acceptors (Lipinski definition) is 17. The fourth-order valence-electron chi connectivity index (χ4n) is 5.81. The topological polar surface area (TPSA) is 356 Å². The number of carboxylic acids is 4. The molecule has 86 heavy (non-hydrogen) atoms. The number of nitrogens with zero attached hydrogens (tertiary/aromatic N) is 1. The SMILES string of the molecule is C#CCC(CO)(CO)CC#C.C#CCC(CO)CO.C#CCN(CCC(=O)OC)CCC(=O)OC.C#CCOc1cc(CO)cc(CO)c1.C#Cc1cc(C(=O)O)cc(C(=O)O)c1.C#Cc1ccc(C(=O)O)c(O)c1.C#Cc1ccc(C(=O)O)cc1.